The van der Waals surface area contributed by atoms with Crippen molar-refractivity contribution in [2.45, 2.75) is 58.2 Å². The normalized spacial score (nSPS) is 22.8. The first-order chi connectivity index (χ1) is 12.7. The molecule has 0 bridgehead atoms. The van der Waals surface area contributed by atoms with E-state index in [0.717, 1.165) is 51.2 Å². The molecule has 0 aliphatic carbocycles. The topological polar surface area (TPSA) is 23.6 Å². The molecule has 3 rings (SSSR count). The number of hydrogen-bond donors (Lipinski definition) is 0. The van der Waals surface area contributed by atoms with Crippen molar-refractivity contribution in [1.82, 2.24) is 9.80 Å². The van der Waals surface area contributed by atoms with E-state index in [1.807, 2.05) is 4.90 Å². The lowest BCUT2D eigenvalue weighted by Gasteiger charge is -2.48. The monoisotopic (exact) mass is 418 g/mol. The molecular formula is C21H30ClF3N2O. The summed E-state index contributed by atoms with van der Waals surface area (Å²) in [6.07, 6.45) is 0.308. The van der Waals surface area contributed by atoms with Gasteiger partial charge in [0.15, 0.2) is 0 Å². The predicted octanol–water partition coefficient (Wildman–Crippen LogP) is 4.78. The number of piperidine rings is 1. The highest BCUT2D eigenvalue weighted by Gasteiger charge is 2.40. The summed E-state index contributed by atoms with van der Waals surface area (Å²) in [7, 11) is 0. The Balaban J connectivity index is 0.00000280. The number of rotatable bonds is 4. The van der Waals surface area contributed by atoms with E-state index in [0.29, 0.717) is 5.56 Å². The second kappa shape index (κ2) is 9.04. The van der Waals surface area contributed by atoms with Crippen LogP contribution in [0.25, 0.3) is 0 Å². The van der Waals surface area contributed by atoms with Gasteiger partial charge in [0.25, 0.3) is 0 Å². The van der Waals surface area contributed by atoms with Gasteiger partial charge >= 0.3 is 6.18 Å². The molecule has 2 heterocycles. The fourth-order valence-electron chi connectivity index (χ4n) is 4.39. The van der Waals surface area contributed by atoms with Crippen LogP contribution in [0.5, 0.6) is 0 Å². The Kier molecular flexibility index (Phi) is 7.43. The number of amides is 1. The van der Waals surface area contributed by atoms with Gasteiger partial charge in [0.1, 0.15) is 0 Å². The number of hydrogen-bond acceptors (Lipinski definition) is 2. The molecule has 2 saturated heterocycles. The van der Waals surface area contributed by atoms with Crippen molar-refractivity contribution in [3.05, 3.63) is 35.4 Å². The van der Waals surface area contributed by atoms with Gasteiger partial charge in [-0.1, -0.05) is 26.0 Å². The van der Waals surface area contributed by atoms with E-state index in [9.17, 15) is 18.0 Å². The molecule has 2 aliphatic rings. The maximum absolute atomic E-state index is 13.0. The Morgan fingerprint density at radius 2 is 1.68 bits per heavy atom. The average Bonchev–Trinajstić information content (AvgIpc) is 3.09. The van der Waals surface area contributed by atoms with Gasteiger partial charge in [0.2, 0.25) is 5.91 Å². The number of halogens is 4. The summed E-state index contributed by atoms with van der Waals surface area (Å²) in [6.45, 7) is 8.27. The number of carbonyl (C=O) groups excluding carboxylic acids is 1. The molecule has 1 aromatic carbocycles. The molecule has 7 heteroatoms. The smallest absolute Gasteiger partial charge is 0.338 e. The fourth-order valence-corrected chi connectivity index (χ4v) is 4.39. The first-order valence-electron chi connectivity index (χ1n) is 9.85. The molecule has 1 aromatic rings. The zero-order valence-corrected chi connectivity index (χ0v) is 17.4. The molecule has 0 radical (unpaired) electrons. The first-order valence-corrected chi connectivity index (χ1v) is 9.85. The van der Waals surface area contributed by atoms with Crippen LogP contribution in [0.2, 0.25) is 0 Å². The molecule has 3 nitrogen and oxygen atoms in total. The third kappa shape index (κ3) is 5.41. The Bertz CT molecular complexity index is 655. The Morgan fingerprint density at radius 1 is 1.07 bits per heavy atom. The van der Waals surface area contributed by atoms with Crippen LogP contribution in [0, 0.1) is 5.41 Å². The summed E-state index contributed by atoms with van der Waals surface area (Å²) in [4.78, 5) is 17.4. The summed E-state index contributed by atoms with van der Waals surface area (Å²) in [5.74, 6) is 0.0201. The highest BCUT2D eigenvalue weighted by atomic mass is 35.5. The molecule has 158 valence electrons. The summed E-state index contributed by atoms with van der Waals surface area (Å²) in [5.41, 5.74) is 0.0115. The molecule has 0 N–H and O–H groups in total. The number of benzene rings is 1. The molecule has 28 heavy (non-hydrogen) atoms. The number of alkyl halides is 3. The van der Waals surface area contributed by atoms with Gasteiger partial charge in [-0.3, -0.25) is 4.79 Å². The van der Waals surface area contributed by atoms with Crippen LogP contribution in [0.15, 0.2) is 24.3 Å². The van der Waals surface area contributed by atoms with Gasteiger partial charge in [-0.25, -0.2) is 0 Å². The zero-order chi connectivity index (χ0) is 19.7. The lowest BCUT2D eigenvalue weighted by Crippen LogP contribution is -2.57. The molecular weight excluding hydrogens is 389 g/mol. The second-order valence-corrected chi connectivity index (χ2v) is 8.57. The molecule has 0 spiro atoms. The third-order valence-electron chi connectivity index (χ3n) is 6.09. The standard InChI is InChI=1S/C21H29F3N2O.ClH/c1-20(2)10-5-13-26(18(20)15-25-11-3-4-12-25)19(27)14-16-6-8-17(9-7-16)21(22,23)24;/h6-9,18H,3-5,10-15H2,1-2H3;1H/t18-;/m1./s1. The van der Waals surface area contributed by atoms with Crippen molar-refractivity contribution < 1.29 is 18.0 Å². The van der Waals surface area contributed by atoms with Gasteiger partial charge in [0, 0.05) is 19.1 Å². The molecule has 0 aromatic heterocycles. The zero-order valence-electron chi connectivity index (χ0n) is 16.6. The van der Waals surface area contributed by atoms with Crippen molar-refractivity contribution >= 4 is 18.3 Å². The Hall–Kier alpha value is -1.27. The summed E-state index contributed by atoms with van der Waals surface area (Å²) in [5, 5.41) is 0. The van der Waals surface area contributed by atoms with Crippen LogP contribution < -0.4 is 0 Å². The number of carbonyl (C=O) groups is 1. The highest BCUT2D eigenvalue weighted by molar-refractivity contribution is 5.85. The van der Waals surface area contributed by atoms with E-state index in [4.69, 9.17) is 0 Å². The maximum Gasteiger partial charge on any atom is 0.416 e. The van der Waals surface area contributed by atoms with Crippen LogP contribution in [-0.2, 0) is 17.4 Å². The number of nitrogens with zero attached hydrogens (tertiary/aromatic N) is 2. The van der Waals surface area contributed by atoms with E-state index in [-0.39, 0.29) is 36.2 Å². The van der Waals surface area contributed by atoms with Crippen molar-refractivity contribution in [3.63, 3.8) is 0 Å². The minimum Gasteiger partial charge on any atom is -0.338 e. The molecule has 0 saturated carbocycles. The lowest BCUT2D eigenvalue weighted by molar-refractivity contribution is -0.139. The largest absolute Gasteiger partial charge is 0.416 e. The molecule has 2 aliphatic heterocycles. The van der Waals surface area contributed by atoms with Crippen molar-refractivity contribution in [2.75, 3.05) is 26.2 Å². The van der Waals surface area contributed by atoms with E-state index < -0.39 is 11.7 Å². The minimum absolute atomic E-state index is 0. The van der Waals surface area contributed by atoms with Crippen molar-refractivity contribution in [3.8, 4) is 0 Å². The molecule has 0 unspecified atom stereocenters. The third-order valence-corrected chi connectivity index (χ3v) is 6.09. The van der Waals surface area contributed by atoms with Crippen LogP contribution in [-0.4, -0.2) is 47.9 Å². The van der Waals surface area contributed by atoms with Gasteiger partial charge in [0.05, 0.1) is 12.0 Å². The quantitative estimate of drug-likeness (QED) is 0.702. The van der Waals surface area contributed by atoms with E-state index in [1.165, 1.54) is 25.0 Å². The first kappa shape index (κ1) is 23.0. The van der Waals surface area contributed by atoms with E-state index >= 15 is 0 Å². The fraction of sp³-hybridized carbons (Fsp3) is 0.667. The van der Waals surface area contributed by atoms with Gasteiger partial charge in [-0.15, -0.1) is 12.4 Å². The van der Waals surface area contributed by atoms with Crippen molar-refractivity contribution in [1.29, 1.82) is 0 Å². The molecule has 1 atom stereocenters. The lowest BCUT2D eigenvalue weighted by atomic mass is 9.76. The highest BCUT2D eigenvalue weighted by Crippen LogP contribution is 2.36. The van der Waals surface area contributed by atoms with E-state index in [2.05, 4.69) is 18.7 Å². The number of likely N-dealkylation sites (tertiary alicyclic amines) is 2. The average molecular weight is 419 g/mol. The molecule has 2 fully saturated rings. The minimum atomic E-state index is -4.35. The summed E-state index contributed by atoms with van der Waals surface area (Å²) < 4.78 is 38.2. The van der Waals surface area contributed by atoms with Crippen LogP contribution in [0.4, 0.5) is 13.2 Å². The van der Waals surface area contributed by atoms with Gasteiger partial charge in [-0.05, 0) is 61.9 Å². The van der Waals surface area contributed by atoms with E-state index in [1.54, 1.807) is 0 Å². The summed E-state index contributed by atoms with van der Waals surface area (Å²) in [6, 6.07) is 5.12. The van der Waals surface area contributed by atoms with Gasteiger partial charge in [-0.2, -0.15) is 13.2 Å². The Morgan fingerprint density at radius 3 is 2.25 bits per heavy atom. The summed E-state index contributed by atoms with van der Waals surface area (Å²) >= 11 is 0. The van der Waals surface area contributed by atoms with Crippen molar-refractivity contribution in [2.24, 2.45) is 5.41 Å². The Labute approximate surface area is 171 Å². The van der Waals surface area contributed by atoms with Crippen LogP contribution in [0.3, 0.4) is 0 Å². The second-order valence-electron chi connectivity index (χ2n) is 8.57. The predicted molar refractivity (Wildman–Crippen MR) is 107 cm³/mol. The SMILES string of the molecule is CC1(C)CCCN(C(=O)Cc2ccc(C(F)(F)F)cc2)[C@@H]1CN1CCCC1.Cl. The van der Waals surface area contributed by atoms with Gasteiger partial charge < -0.3 is 9.80 Å². The van der Waals surface area contributed by atoms with Crippen LogP contribution in [0.1, 0.15) is 50.7 Å². The van der Waals surface area contributed by atoms with Crippen LogP contribution >= 0.6 is 12.4 Å². The maximum atomic E-state index is 13.0. The molecule has 1 amide bonds.